The molecule has 216 valence electrons. The van der Waals surface area contributed by atoms with Gasteiger partial charge in [-0.15, -0.1) is 0 Å². The van der Waals surface area contributed by atoms with Gasteiger partial charge in [-0.1, -0.05) is 29.8 Å². The lowest BCUT2D eigenvalue weighted by atomic mass is 10.2. The molecule has 41 heavy (non-hydrogen) atoms. The number of halogens is 4. The van der Waals surface area contributed by atoms with E-state index in [9.17, 15) is 27.6 Å². The van der Waals surface area contributed by atoms with Crippen LogP contribution in [-0.4, -0.2) is 44.3 Å². The van der Waals surface area contributed by atoms with Gasteiger partial charge in [-0.25, -0.2) is 5.43 Å². The van der Waals surface area contributed by atoms with Gasteiger partial charge >= 0.3 is 18.0 Å². The van der Waals surface area contributed by atoms with Crippen LogP contribution in [0.5, 0.6) is 17.2 Å². The number of benzene rings is 3. The number of anilines is 2. The van der Waals surface area contributed by atoms with Crippen LogP contribution >= 0.6 is 11.6 Å². The monoisotopic (exact) mass is 592 g/mol. The number of nitrogens with one attached hydrogen (secondary N) is 3. The second-order valence-electron chi connectivity index (χ2n) is 8.03. The first-order valence-electron chi connectivity index (χ1n) is 11.9. The Morgan fingerprint density at radius 2 is 1.71 bits per heavy atom. The molecule has 3 aromatic carbocycles. The summed E-state index contributed by atoms with van der Waals surface area (Å²) in [5, 5.41) is 8.50. The minimum Gasteiger partial charge on any atom is -0.493 e. The zero-order chi connectivity index (χ0) is 30.0. The highest BCUT2D eigenvalue weighted by molar-refractivity contribution is 6.39. The summed E-state index contributed by atoms with van der Waals surface area (Å²) in [6.45, 7) is 1.56. The second-order valence-corrected chi connectivity index (χ2v) is 8.44. The number of nitrogens with zero attached hydrogens (tertiary/aromatic N) is 1. The number of amides is 3. The number of hydrogen-bond acceptors (Lipinski definition) is 7. The topological polar surface area (TPSA) is 127 Å². The lowest BCUT2D eigenvalue weighted by Crippen LogP contribution is -2.32. The Morgan fingerprint density at radius 1 is 0.951 bits per heavy atom. The Labute approximate surface area is 237 Å². The molecule has 0 aliphatic rings. The van der Waals surface area contributed by atoms with Gasteiger partial charge in [0.25, 0.3) is 5.91 Å². The average molecular weight is 593 g/mol. The van der Waals surface area contributed by atoms with Gasteiger partial charge in [-0.3, -0.25) is 14.4 Å². The molecule has 0 fully saturated rings. The fourth-order valence-corrected chi connectivity index (χ4v) is 3.58. The Bertz CT molecular complexity index is 1450. The van der Waals surface area contributed by atoms with E-state index in [0.717, 1.165) is 18.2 Å². The third kappa shape index (κ3) is 8.86. The van der Waals surface area contributed by atoms with Crippen molar-refractivity contribution in [2.45, 2.75) is 13.1 Å². The molecular weight excluding hydrogens is 569 g/mol. The average Bonchev–Trinajstić information content (AvgIpc) is 2.93. The van der Waals surface area contributed by atoms with E-state index >= 15 is 0 Å². The van der Waals surface area contributed by atoms with Crippen LogP contribution < -0.4 is 30.3 Å². The minimum absolute atomic E-state index is 0.00858. The minimum atomic E-state index is -4.56. The van der Waals surface area contributed by atoms with Gasteiger partial charge in [-0.05, 0) is 55.0 Å². The number of hydrazone groups is 1. The van der Waals surface area contributed by atoms with Gasteiger partial charge in [0.05, 0.1) is 36.2 Å². The molecule has 0 saturated heterocycles. The van der Waals surface area contributed by atoms with Gasteiger partial charge in [0.2, 0.25) is 0 Å². The maximum absolute atomic E-state index is 12.9. The fourth-order valence-electron chi connectivity index (χ4n) is 3.31. The Kier molecular flexibility index (Phi) is 10.5. The summed E-state index contributed by atoms with van der Waals surface area (Å²) in [5.41, 5.74) is 1.77. The number of hydrogen-bond donors (Lipinski definition) is 3. The normalized spacial score (nSPS) is 11.1. The number of carbonyl (C=O) groups is 3. The van der Waals surface area contributed by atoms with Crippen molar-refractivity contribution >= 4 is 46.9 Å². The predicted molar refractivity (Wildman–Crippen MR) is 146 cm³/mol. The number of alkyl halides is 3. The zero-order valence-electron chi connectivity index (χ0n) is 21.7. The summed E-state index contributed by atoms with van der Waals surface area (Å²) in [4.78, 5) is 36.6. The summed E-state index contributed by atoms with van der Waals surface area (Å²) in [5.74, 6) is -2.27. The maximum atomic E-state index is 12.9. The summed E-state index contributed by atoms with van der Waals surface area (Å²) in [7, 11) is 1.31. The quantitative estimate of drug-likeness (QED) is 0.175. The molecule has 3 rings (SSSR count). The van der Waals surface area contributed by atoms with Gasteiger partial charge < -0.3 is 24.8 Å². The SMILES string of the molecule is CCOc1ccccc1NC(=O)C(=O)N/N=C\c1cc(Cl)c(OCC(=O)Nc2cccc(C(F)(F)F)c2)c(OC)c1. The largest absolute Gasteiger partial charge is 0.493 e. The van der Waals surface area contributed by atoms with E-state index in [1.807, 2.05) is 0 Å². The van der Waals surface area contributed by atoms with Crippen molar-refractivity contribution in [3.05, 3.63) is 76.8 Å². The van der Waals surface area contributed by atoms with Crippen LogP contribution in [0.4, 0.5) is 24.5 Å². The molecule has 0 heterocycles. The number of ether oxygens (including phenoxy) is 3. The zero-order valence-corrected chi connectivity index (χ0v) is 22.4. The van der Waals surface area contributed by atoms with Crippen LogP contribution in [0.15, 0.2) is 65.8 Å². The summed E-state index contributed by atoms with van der Waals surface area (Å²) >= 11 is 6.26. The molecule has 3 aromatic rings. The molecule has 0 radical (unpaired) electrons. The van der Waals surface area contributed by atoms with E-state index in [0.29, 0.717) is 23.6 Å². The molecule has 10 nitrogen and oxygen atoms in total. The summed E-state index contributed by atoms with van der Waals surface area (Å²) < 4.78 is 54.7. The van der Waals surface area contributed by atoms with Gasteiger partial charge in [-0.2, -0.15) is 18.3 Å². The smallest absolute Gasteiger partial charge is 0.416 e. The van der Waals surface area contributed by atoms with Crippen molar-refractivity contribution < 1.29 is 41.8 Å². The van der Waals surface area contributed by atoms with E-state index in [1.54, 1.807) is 31.2 Å². The van der Waals surface area contributed by atoms with E-state index in [4.69, 9.17) is 25.8 Å². The van der Waals surface area contributed by atoms with Crippen LogP contribution in [0.25, 0.3) is 0 Å². The molecule has 14 heteroatoms. The highest BCUT2D eigenvalue weighted by atomic mass is 35.5. The number of rotatable bonds is 10. The van der Waals surface area contributed by atoms with Crippen LogP contribution in [0.2, 0.25) is 5.02 Å². The maximum Gasteiger partial charge on any atom is 0.416 e. The van der Waals surface area contributed by atoms with E-state index in [1.165, 1.54) is 31.5 Å². The first-order valence-corrected chi connectivity index (χ1v) is 12.2. The molecule has 0 spiro atoms. The van der Waals surface area contributed by atoms with Crippen molar-refractivity contribution in [2.24, 2.45) is 5.10 Å². The van der Waals surface area contributed by atoms with Crippen molar-refractivity contribution in [2.75, 3.05) is 31.0 Å². The molecule has 0 unspecified atom stereocenters. The molecule has 0 aliphatic heterocycles. The Balaban J connectivity index is 1.59. The lowest BCUT2D eigenvalue weighted by Gasteiger charge is -2.14. The van der Waals surface area contributed by atoms with Crippen molar-refractivity contribution in [3.63, 3.8) is 0 Å². The van der Waals surface area contributed by atoms with Gasteiger partial charge in [0.1, 0.15) is 5.75 Å². The molecule has 0 aromatic heterocycles. The predicted octanol–water partition coefficient (Wildman–Crippen LogP) is 4.87. The number of para-hydroxylation sites is 2. The highest BCUT2D eigenvalue weighted by Gasteiger charge is 2.30. The molecule has 0 aliphatic carbocycles. The van der Waals surface area contributed by atoms with Crippen molar-refractivity contribution in [3.8, 4) is 17.2 Å². The van der Waals surface area contributed by atoms with Crippen molar-refractivity contribution in [1.29, 1.82) is 0 Å². The second kappa shape index (κ2) is 14.0. The third-order valence-electron chi connectivity index (χ3n) is 5.09. The number of methoxy groups -OCH3 is 1. The Morgan fingerprint density at radius 3 is 2.41 bits per heavy atom. The highest BCUT2D eigenvalue weighted by Crippen LogP contribution is 2.36. The van der Waals surface area contributed by atoms with Crippen LogP contribution in [-0.2, 0) is 20.6 Å². The third-order valence-corrected chi connectivity index (χ3v) is 5.37. The number of carbonyl (C=O) groups excluding carboxylic acids is 3. The van der Waals surface area contributed by atoms with Gasteiger partial charge in [0.15, 0.2) is 18.1 Å². The lowest BCUT2D eigenvalue weighted by molar-refractivity contribution is -0.137. The van der Waals surface area contributed by atoms with E-state index < -0.39 is 36.1 Å². The summed E-state index contributed by atoms with van der Waals surface area (Å²) in [6.07, 6.45) is -3.37. The first kappa shape index (κ1) is 30.8. The van der Waals surface area contributed by atoms with Crippen LogP contribution in [0, 0.1) is 0 Å². The molecule has 0 saturated carbocycles. The fraction of sp³-hybridized carbons (Fsp3) is 0.185. The molecular formula is C27H24ClF3N4O6. The van der Waals surface area contributed by atoms with E-state index in [2.05, 4.69) is 21.2 Å². The molecule has 3 N–H and O–H groups in total. The van der Waals surface area contributed by atoms with Crippen LogP contribution in [0.3, 0.4) is 0 Å². The molecule has 0 bridgehead atoms. The Hall–Kier alpha value is -4.78. The molecule has 3 amide bonds. The van der Waals surface area contributed by atoms with E-state index in [-0.39, 0.29) is 22.2 Å². The van der Waals surface area contributed by atoms with Gasteiger partial charge in [0, 0.05) is 5.69 Å². The standard InChI is InChI=1S/C27H24ClF3N4O6/c1-3-40-21-10-5-4-9-20(21)34-25(37)26(38)35-32-14-16-11-19(28)24(22(12-16)39-2)41-15-23(36)33-18-8-6-7-17(13-18)27(29,30)31/h4-14H,3,15H2,1-2H3,(H,33,36)(H,34,37)(H,35,38)/b32-14-. The summed E-state index contributed by atoms with van der Waals surface area (Å²) in [6, 6.07) is 13.6. The molecule has 0 atom stereocenters. The first-order chi connectivity index (χ1) is 19.5. The van der Waals surface area contributed by atoms with Crippen LogP contribution in [0.1, 0.15) is 18.1 Å². The van der Waals surface area contributed by atoms with Crippen molar-refractivity contribution in [1.82, 2.24) is 5.43 Å².